The number of ether oxygens (including phenoxy) is 1. The highest BCUT2D eigenvalue weighted by molar-refractivity contribution is 5.30. The molecule has 114 valence electrons. The molecule has 2 rings (SSSR count). The van der Waals surface area contributed by atoms with Crippen LogP contribution in [0.1, 0.15) is 41.9 Å². The van der Waals surface area contributed by atoms with Gasteiger partial charge in [0, 0.05) is 18.8 Å². The van der Waals surface area contributed by atoms with Crippen LogP contribution in [0.5, 0.6) is 5.75 Å². The Morgan fingerprint density at radius 3 is 2.43 bits per heavy atom. The second-order valence-corrected chi connectivity index (χ2v) is 5.42. The monoisotopic (exact) mass is 287 g/mol. The van der Waals surface area contributed by atoms with Gasteiger partial charge in [-0.15, -0.1) is 0 Å². The van der Waals surface area contributed by atoms with Gasteiger partial charge in [0.2, 0.25) is 0 Å². The van der Waals surface area contributed by atoms with Crippen molar-refractivity contribution in [2.45, 2.75) is 39.7 Å². The fourth-order valence-electron chi connectivity index (χ4n) is 2.62. The molecule has 0 bridgehead atoms. The topological polar surface area (TPSA) is 53.1 Å². The number of rotatable bonds is 6. The highest BCUT2D eigenvalue weighted by Gasteiger charge is 2.12. The number of hydrogen-bond donors (Lipinski definition) is 1. The van der Waals surface area contributed by atoms with Crippen LogP contribution in [-0.4, -0.2) is 16.4 Å². The van der Waals surface area contributed by atoms with Gasteiger partial charge in [0.15, 0.2) is 0 Å². The average Bonchev–Trinajstić information content (AvgIpc) is 2.71. The van der Waals surface area contributed by atoms with Gasteiger partial charge in [-0.3, -0.25) is 4.68 Å². The van der Waals surface area contributed by atoms with Crippen molar-refractivity contribution in [1.82, 2.24) is 9.78 Å². The Hall–Kier alpha value is -1.81. The Labute approximate surface area is 126 Å². The predicted molar refractivity (Wildman–Crippen MR) is 85.5 cm³/mol. The molecular formula is C17H25N3O. The van der Waals surface area contributed by atoms with Crippen molar-refractivity contribution in [2.75, 3.05) is 6.61 Å². The van der Waals surface area contributed by atoms with E-state index in [0.717, 1.165) is 29.8 Å². The number of hydrogen-bond acceptors (Lipinski definition) is 3. The van der Waals surface area contributed by atoms with E-state index in [2.05, 4.69) is 31.1 Å². The van der Waals surface area contributed by atoms with Crippen molar-refractivity contribution in [1.29, 1.82) is 0 Å². The van der Waals surface area contributed by atoms with Gasteiger partial charge < -0.3 is 10.5 Å². The lowest BCUT2D eigenvalue weighted by Gasteiger charge is -2.13. The van der Waals surface area contributed by atoms with Crippen molar-refractivity contribution in [2.24, 2.45) is 12.8 Å². The first-order chi connectivity index (χ1) is 10.0. The van der Waals surface area contributed by atoms with Crippen LogP contribution in [-0.2, 0) is 13.5 Å². The van der Waals surface area contributed by atoms with E-state index in [-0.39, 0.29) is 6.04 Å². The summed E-state index contributed by atoms with van der Waals surface area (Å²) in [5, 5.41) is 4.45. The standard InChI is InChI=1S/C17H25N3O/c1-5-21-15-8-6-14(7-9-15)17(18)11-10-16-12(2)19-20(4)13(16)3/h6-9,17H,5,10-11,18H2,1-4H3. The number of nitrogens with zero attached hydrogens (tertiary/aromatic N) is 2. The van der Waals surface area contributed by atoms with Crippen LogP contribution in [0.25, 0.3) is 0 Å². The number of aryl methyl sites for hydroxylation is 2. The summed E-state index contributed by atoms with van der Waals surface area (Å²) in [7, 11) is 1.98. The van der Waals surface area contributed by atoms with Crippen molar-refractivity contribution in [3.05, 3.63) is 46.8 Å². The van der Waals surface area contributed by atoms with Gasteiger partial charge in [0.1, 0.15) is 5.75 Å². The van der Waals surface area contributed by atoms with E-state index in [1.165, 1.54) is 11.3 Å². The first-order valence-electron chi connectivity index (χ1n) is 7.50. The van der Waals surface area contributed by atoms with Crippen molar-refractivity contribution < 1.29 is 4.74 Å². The van der Waals surface area contributed by atoms with Crippen LogP contribution in [0.15, 0.2) is 24.3 Å². The van der Waals surface area contributed by atoms with Gasteiger partial charge in [0.05, 0.1) is 12.3 Å². The predicted octanol–water partition coefficient (Wildman–Crippen LogP) is 3.07. The molecule has 4 heteroatoms. The van der Waals surface area contributed by atoms with Gasteiger partial charge >= 0.3 is 0 Å². The molecule has 2 N–H and O–H groups in total. The molecule has 2 aromatic rings. The molecule has 1 aromatic heterocycles. The maximum absolute atomic E-state index is 6.31. The summed E-state index contributed by atoms with van der Waals surface area (Å²) in [4.78, 5) is 0. The van der Waals surface area contributed by atoms with Gasteiger partial charge in [-0.05, 0) is 56.9 Å². The molecule has 0 aliphatic rings. The maximum Gasteiger partial charge on any atom is 0.119 e. The van der Waals surface area contributed by atoms with Gasteiger partial charge in [-0.2, -0.15) is 5.10 Å². The summed E-state index contributed by atoms with van der Waals surface area (Å²) in [5.41, 5.74) is 11.1. The van der Waals surface area contributed by atoms with Crippen LogP contribution in [0.3, 0.4) is 0 Å². The molecule has 0 saturated carbocycles. The number of aromatic nitrogens is 2. The summed E-state index contributed by atoms with van der Waals surface area (Å²) in [6.07, 6.45) is 1.88. The minimum atomic E-state index is 0.0414. The molecule has 1 atom stereocenters. The highest BCUT2D eigenvalue weighted by atomic mass is 16.5. The minimum Gasteiger partial charge on any atom is -0.494 e. The molecule has 4 nitrogen and oxygen atoms in total. The summed E-state index contributed by atoms with van der Waals surface area (Å²) in [6, 6.07) is 8.12. The number of benzene rings is 1. The van der Waals surface area contributed by atoms with E-state index < -0.39 is 0 Å². The van der Waals surface area contributed by atoms with Crippen molar-refractivity contribution >= 4 is 0 Å². The minimum absolute atomic E-state index is 0.0414. The van der Waals surface area contributed by atoms with Crippen LogP contribution >= 0.6 is 0 Å². The molecule has 0 radical (unpaired) electrons. The zero-order valence-electron chi connectivity index (χ0n) is 13.4. The third-order valence-corrected chi connectivity index (χ3v) is 3.98. The van der Waals surface area contributed by atoms with Gasteiger partial charge in [-0.1, -0.05) is 12.1 Å². The Balaban J connectivity index is 1.99. The third kappa shape index (κ3) is 3.64. The molecule has 0 aliphatic heterocycles. The smallest absolute Gasteiger partial charge is 0.119 e. The average molecular weight is 287 g/mol. The molecular weight excluding hydrogens is 262 g/mol. The summed E-state index contributed by atoms with van der Waals surface area (Å²) in [6.45, 7) is 6.84. The zero-order chi connectivity index (χ0) is 15.4. The molecule has 1 aromatic carbocycles. The lowest BCUT2D eigenvalue weighted by molar-refractivity contribution is 0.340. The van der Waals surface area contributed by atoms with Crippen molar-refractivity contribution in [3.63, 3.8) is 0 Å². The third-order valence-electron chi connectivity index (χ3n) is 3.98. The normalized spacial score (nSPS) is 12.4. The van der Waals surface area contributed by atoms with Gasteiger partial charge in [0.25, 0.3) is 0 Å². The molecule has 1 unspecified atom stereocenters. The molecule has 0 spiro atoms. The molecule has 0 fully saturated rings. The first-order valence-corrected chi connectivity index (χ1v) is 7.50. The van der Waals surface area contributed by atoms with Gasteiger partial charge in [-0.25, -0.2) is 0 Å². The van der Waals surface area contributed by atoms with Crippen LogP contribution in [0, 0.1) is 13.8 Å². The summed E-state index contributed by atoms with van der Waals surface area (Å²) in [5.74, 6) is 0.896. The fraction of sp³-hybridized carbons (Fsp3) is 0.471. The van der Waals surface area contributed by atoms with E-state index >= 15 is 0 Å². The first kappa shape index (κ1) is 15.6. The second-order valence-electron chi connectivity index (χ2n) is 5.42. The Morgan fingerprint density at radius 1 is 1.24 bits per heavy atom. The van der Waals surface area contributed by atoms with E-state index in [9.17, 15) is 0 Å². The largest absolute Gasteiger partial charge is 0.494 e. The number of nitrogens with two attached hydrogens (primary N) is 1. The molecule has 0 amide bonds. The SMILES string of the molecule is CCOc1ccc(C(N)CCc2c(C)nn(C)c2C)cc1. The Bertz CT molecular complexity index is 587. The zero-order valence-corrected chi connectivity index (χ0v) is 13.4. The molecule has 0 aliphatic carbocycles. The van der Waals surface area contributed by atoms with E-state index in [0.29, 0.717) is 6.61 Å². The van der Waals surface area contributed by atoms with Crippen molar-refractivity contribution in [3.8, 4) is 5.75 Å². The van der Waals surface area contributed by atoms with E-state index in [1.54, 1.807) is 0 Å². The molecule has 1 heterocycles. The lowest BCUT2D eigenvalue weighted by Crippen LogP contribution is -2.11. The second kappa shape index (κ2) is 6.76. The summed E-state index contributed by atoms with van der Waals surface area (Å²) >= 11 is 0. The Morgan fingerprint density at radius 2 is 1.90 bits per heavy atom. The summed E-state index contributed by atoms with van der Waals surface area (Å²) < 4.78 is 7.39. The highest BCUT2D eigenvalue weighted by Crippen LogP contribution is 2.22. The van der Waals surface area contributed by atoms with Crippen LogP contribution in [0.4, 0.5) is 0 Å². The van der Waals surface area contributed by atoms with E-state index in [4.69, 9.17) is 10.5 Å². The van der Waals surface area contributed by atoms with E-state index in [1.807, 2.05) is 30.8 Å². The van der Waals surface area contributed by atoms with Crippen LogP contribution in [0.2, 0.25) is 0 Å². The quantitative estimate of drug-likeness (QED) is 0.888. The molecule has 21 heavy (non-hydrogen) atoms. The fourth-order valence-corrected chi connectivity index (χ4v) is 2.62. The maximum atomic E-state index is 6.31. The van der Waals surface area contributed by atoms with Crippen LogP contribution < -0.4 is 10.5 Å². The lowest BCUT2D eigenvalue weighted by atomic mass is 9.99. The molecule has 0 saturated heterocycles. The Kier molecular flexibility index (Phi) is 5.02.